The Hall–Kier alpha value is -1.09. The lowest BCUT2D eigenvalue weighted by Crippen LogP contribution is -1.78. The molecule has 2 nitrogen and oxygen atoms in total. The maximum Gasteiger partial charge on any atom is 0.181 e. The SMILES string of the molecule is Cc1ccc(Br)c(-c2cnco2)c1. The maximum atomic E-state index is 5.21. The minimum Gasteiger partial charge on any atom is -0.443 e. The first kappa shape index (κ1) is 8.51. The van der Waals surface area contributed by atoms with E-state index in [1.165, 1.54) is 12.0 Å². The van der Waals surface area contributed by atoms with Gasteiger partial charge < -0.3 is 4.42 Å². The molecule has 0 radical (unpaired) electrons. The molecule has 3 heteroatoms. The van der Waals surface area contributed by atoms with Crippen LogP contribution in [0, 0.1) is 6.92 Å². The topological polar surface area (TPSA) is 26.0 Å². The molecule has 0 N–H and O–H groups in total. The summed E-state index contributed by atoms with van der Waals surface area (Å²) in [4.78, 5) is 3.88. The Balaban J connectivity index is 2.57. The van der Waals surface area contributed by atoms with Crippen LogP contribution in [0.4, 0.5) is 0 Å². The summed E-state index contributed by atoms with van der Waals surface area (Å²) in [5.41, 5.74) is 2.24. The summed E-state index contributed by atoms with van der Waals surface area (Å²) in [6, 6.07) is 6.11. The van der Waals surface area contributed by atoms with E-state index in [4.69, 9.17) is 4.42 Å². The molecule has 0 aliphatic carbocycles. The minimum absolute atomic E-state index is 0.788. The molecule has 0 saturated carbocycles. The molecule has 0 atom stereocenters. The predicted molar refractivity (Wildman–Crippen MR) is 54.4 cm³/mol. The number of nitrogens with zero attached hydrogens (tertiary/aromatic N) is 1. The summed E-state index contributed by atoms with van der Waals surface area (Å²) in [5.74, 6) is 0.788. The third kappa shape index (κ3) is 1.65. The molecule has 0 amide bonds. The fourth-order valence-electron chi connectivity index (χ4n) is 1.18. The van der Waals surface area contributed by atoms with Gasteiger partial charge in [-0.2, -0.15) is 0 Å². The van der Waals surface area contributed by atoms with Crippen LogP contribution in [0.3, 0.4) is 0 Å². The van der Waals surface area contributed by atoms with Crippen molar-refractivity contribution >= 4 is 15.9 Å². The normalized spacial score (nSPS) is 10.3. The van der Waals surface area contributed by atoms with Crippen molar-refractivity contribution in [1.29, 1.82) is 0 Å². The number of hydrogen-bond donors (Lipinski definition) is 0. The Kier molecular flexibility index (Phi) is 2.19. The molecule has 0 bridgehead atoms. The summed E-state index contributed by atoms with van der Waals surface area (Å²) >= 11 is 3.46. The largest absolute Gasteiger partial charge is 0.443 e. The van der Waals surface area contributed by atoms with E-state index in [0.29, 0.717) is 0 Å². The molecule has 66 valence electrons. The van der Waals surface area contributed by atoms with Gasteiger partial charge >= 0.3 is 0 Å². The van der Waals surface area contributed by atoms with E-state index >= 15 is 0 Å². The Labute approximate surface area is 84.7 Å². The third-order valence-corrected chi connectivity index (χ3v) is 2.51. The first-order valence-electron chi connectivity index (χ1n) is 3.92. The molecular formula is C10H8BrNO. The number of halogens is 1. The molecule has 0 unspecified atom stereocenters. The first-order chi connectivity index (χ1) is 6.27. The van der Waals surface area contributed by atoms with Gasteiger partial charge in [-0.3, -0.25) is 0 Å². The van der Waals surface area contributed by atoms with Crippen LogP contribution in [0.15, 0.2) is 39.7 Å². The molecular weight excluding hydrogens is 230 g/mol. The minimum atomic E-state index is 0.788. The Morgan fingerprint density at radius 2 is 2.23 bits per heavy atom. The van der Waals surface area contributed by atoms with Gasteiger partial charge in [-0.25, -0.2) is 4.98 Å². The van der Waals surface area contributed by atoms with Gasteiger partial charge in [-0.1, -0.05) is 27.6 Å². The molecule has 0 fully saturated rings. The predicted octanol–water partition coefficient (Wildman–Crippen LogP) is 3.41. The lowest BCUT2D eigenvalue weighted by atomic mass is 10.1. The Bertz CT molecular complexity index is 409. The number of oxazole rings is 1. The Morgan fingerprint density at radius 1 is 1.38 bits per heavy atom. The summed E-state index contributed by atoms with van der Waals surface area (Å²) in [6.07, 6.45) is 3.14. The van der Waals surface area contributed by atoms with Crippen LogP contribution in [0.5, 0.6) is 0 Å². The molecule has 2 rings (SSSR count). The molecule has 0 spiro atoms. The molecule has 2 aromatic rings. The van der Waals surface area contributed by atoms with Gasteiger partial charge in [-0.05, 0) is 19.1 Å². The Morgan fingerprint density at radius 3 is 2.92 bits per heavy atom. The quantitative estimate of drug-likeness (QED) is 0.760. The molecule has 0 saturated heterocycles. The second-order valence-electron chi connectivity index (χ2n) is 2.85. The summed E-state index contributed by atoms with van der Waals surface area (Å²) in [7, 11) is 0. The van der Waals surface area contributed by atoms with Gasteiger partial charge in [0.1, 0.15) is 0 Å². The van der Waals surface area contributed by atoms with E-state index in [0.717, 1.165) is 15.8 Å². The molecule has 1 aromatic carbocycles. The standard InChI is InChI=1S/C10H8BrNO/c1-7-2-3-9(11)8(4-7)10-5-12-6-13-10/h2-6H,1H3. The fraction of sp³-hybridized carbons (Fsp3) is 0.100. The van der Waals surface area contributed by atoms with Gasteiger partial charge in [0.25, 0.3) is 0 Å². The summed E-state index contributed by atoms with van der Waals surface area (Å²) < 4.78 is 6.24. The van der Waals surface area contributed by atoms with Crippen molar-refractivity contribution in [2.45, 2.75) is 6.92 Å². The molecule has 1 aromatic heterocycles. The van der Waals surface area contributed by atoms with Crippen LogP contribution in [-0.2, 0) is 0 Å². The second kappa shape index (κ2) is 3.34. The van der Waals surface area contributed by atoms with Gasteiger partial charge in [0.15, 0.2) is 12.2 Å². The lowest BCUT2D eigenvalue weighted by Gasteiger charge is -2.00. The van der Waals surface area contributed by atoms with Crippen molar-refractivity contribution < 1.29 is 4.42 Å². The molecule has 0 aliphatic heterocycles. The van der Waals surface area contributed by atoms with Crippen LogP contribution in [0.1, 0.15) is 5.56 Å². The molecule has 13 heavy (non-hydrogen) atoms. The lowest BCUT2D eigenvalue weighted by molar-refractivity contribution is 0.571. The van der Waals surface area contributed by atoms with Crippen LogP contribution in [0.2, 0.25) is 0 Å². The fourth-order valence-corrected chi connectivity index (χ4v) is 1.62. The zero-order chi connectivity index (χ0) is 9.26. The zero-order valence-corrected chi connectivity index (χ0v) is 8.71. The van der Waals surface area contributed by atoms with Crippen molar-refractivity contribution in [1.82, 2.24) is 4.98 Å². The highest BCUT2D eigenvalue weighted by Gasteiger charge is 2.05. The van der Waals surface area contributed by atoms with E-state index in [9.17, 15) is 0 Å². The van der Waals surface area contributed by atoms with E-state index in [-0.39, 0.29) is 0 Å². The maximum absolute atomic E-state index is 5.21. The summed E-state index contributed by atoms with van der Waals surface area (Å²) in [5, 5.41) is 0. The number of benzene rings is 1. The van der Waals surface area contributed by atoms with E-state index in [1.54, 1.807) is 6.20 Å². The highest BCUT2D eigenvalue weighted by atomic mass is 79.9. The smallest absolute Gasteiger partial charge is 0.181 e. The van der Waals surface area contributed by atoms with Crippen LogP contribution in [-0.4, -0.2) is 4.98 Å². The average Bonchev–Trinajstić information content (AvgIpc) is 2.61. The van der Waals surface area contributed by atoms with Gasteiger partial charge in [0.2, 0.25) is 0 Å². The van der Waals surface area contributed by atoms with Crippen LogP contribution < -0.4 is 0 Å². The number of hydrogen-bond acceptors (Lipinski definition) is 2. The highest BCUT2D eigenvalue weighted by Crippen LogP contribution is 2.28. The van der Waals surface area contributed by atoms with Crippen molar-refractivity contribution in [3.8, 4) is 11.3 Å². The molecule has 1 heterocycles. The van der Waals surface area contributed by atoms with Gasteiger partial charge in [0.05, 0.1) is 6.20 Å². The van der Waals surface area contributed by atoms with Gasteiger partial charge in [0, 0.05) is 10.0 Å². The van der Waals surface area contributed by atoms with E-state index in [1.807, 2.05) is 19.1 Å². The van der Waals surface area contributed by atoms with Crippen LogP contribution in [0.25, 0.3) is 11.3 Å². The monoisotopic (exact) mass is 237 g/mol. The van der Waals surface area contributed by atoms with E-state index < -0.39 is 0 Å². The molecule has 0 aliphatic rings. The van der Waals surface area contributed by atoms with Crippen molar-refractivity contribution in [2.24, 2.45) is 0 Å². The van der Waals surface area contributed by atoms with Crippen molar-refractivity contribution in [3.63, 3.8) is 0 Å². The van der Waals surface area contributed by atoms with Crippen molar-refractivity contribution in [3.05, 3.63) is 40.8 Å². The summed E-state index contributed by atoms with van der Waals surface area (Å²) in [6.45, 7) is 2.05. The van der Waals surface area contributed by atoms with Gasteiger partial charge in [-0.15, -0.1) is 0 Å². The van der Waals surface area contributed by atoms with Crippen molar-refractivity contribution in [2.75, 3.05) is 0 Å². The third-order valence-electron chi connectivity index (χ3n) is 1.82. The van der Waals surface area contributed by atoms with E-state index in [2.05, 4.69) is 27.0 Å². The van der Waals surface area contributed by atoms with Crippen LogP contribution >= 0.6 is 15.9 Å². The zero-order valence-electron chi connectivity index (χ0n) is 7.12. The number of aromatic nitrogens is 1. The average molecular weight is 238 g/mol. The second-order valence-corrected chi connectivity index (χ2v) is 3.70. The number of rotatable bonds is 1. The number of aryl methyl sites for hydroxylation is 1. The first-order valence-corrected chi connectivity index (χ1v) is 4.71. The highest BCUT2D eigenvalue weighted by molar-refractivity contribution is 9.10.